The van der Waals surface area contributed by atoms with Gasteiger partial charge in [-0.1, -0.05) is 41.6 Å². The molecule has 3 rings (SSSR count). The van der Waals surface area contributed by atoms with Crippen molar-refractivity contribution in [3.05, 3.63) is 48.5 Å². The normalized spacial score (nSPS) is 10.3. The van der Waals surface area contributed by atoms with Crippen molar-refractivity contribution in [2.45, 2.75) is 6.92 Å². The number of pyridine rings is 1. The minimum absolute atomic E-state index is 0.185. The highest BCUT2D eigenvalue weighted by Gasteiger charge is 2.12. The van der Waals surface area contributed by atoms with Crippen molar-refractivity contribution < 1.29 is 9.32 Å². The van der Waals surface area contributed by atoms with Crippen LogP contribution >= 0.6 is 0 Å². The van der Waals surface area contributed by atoms with Gasteiger partial charge in [0.25, 0.3) is 5.89 Å². The molecule has 21 heavy (non-hydrogen) atoms. The molecular formula is C15H12N4O2. The highest BCUT2D eigenvalue weighted by Crippen LogP contribution is 2.21. The molecule has 104 valence electrons. The second-order valence-electron chi connectivity index (χ2n) is 4.38. The topological polar surface area (TPSA) is 80.9 Å². The largest absolute Gasteiger partial charge is 0.332 e. The average molecular weight is 280 g/mol. The first-order valence-electron chi connectivity index (χ1n) is 6.36. The van der Waals surface area contributed by atoms with E-state index in [4.69, 9.17) is 4.52 Å². The lowest BCUT2D eigenvalue weighted by atomic mass is 10.2. The summed E-state index contributed by atoms with van der Waals surface area (Å²) in [7, 11) is 0. The van der Waals surface area contributed by atoms with Crippen LogP contribution in [0.4, 0.5) is 5.82 Å². The maximum atomic E-state index is 11.0. The summed E-state index contributed by atoms with van der Waals surface area (Å²) in [6, 6.07) is 14.7. The third kappa shape index (κ3) is 2.94. The van der Waals surface area contributed by atoms with Crippen LogP contribution in [0.2, 0.25) is 0 Å². The Bertz CT molecular complexity index is 768. The molecule has 0 saturated heterocycles. The molecule has 3 aromatic rings. The fraction of sp³-hybridized carbons (Fsp3) is 0.0667. The predicted octanol–water partition coefficient (Wildman–Crippen LogP) is 2.76. The molecular weight excluding hydrogens is 268 g/mol. The highest BCUT2D eigenvalue weighted by molar-refractivity contribution is 5.87. The van der Waals surface area contributed by atoms with Gasteiger partial charge in [0.05, 0.1) is 0 Å². The zero-order valence-corrected chi connectivity index (χ0v) is 11.3. The SMILES string of the molecule is CC(=O)Nc1cccc(-c2nc(-c3ccccc3)no2)n1. The van der Waals surface area contributed by atoms with Crippen molar-refractivity contribution in [3.63, 3.8) is 0 Å². The molecule has 0 aliphatic rings. The van der Waals surface area contributed by atoms with Crippen LogP contribution in [0.15, 0.2) is 53.1 Å². The molecule has 0 spiro atoms. The molecule has 6 nitrogen and oxygen atoms in total. The van der Waals surface area contributed by atoms with Crippen LogP contribution < -0.4 is 5.32 Å². The van der Waals surface area contributed by atoms with E-state index in [1.807, 2.05) is 30.3 Å². The summed E-state index contributed by atoms with van der Waals surface area (Å²) in [5.41, 5.74) is 1.38. The van der Waals surface area contributed by atoms with Crippen LogP contribution in [-0.4, -0.2) is 21.0 Å². The summed E-state index contributed by atoms with van der Waals surface area (Å²) >= 11 is 0. The summed E-state index contributed by atoms with van der Waals surface area (Å²) in [4.78, 5) is 19.6. The van der Waals surface area contributed by atoms with Gasteiger partial charge in [-0.05, 0) is 12.1 Å². The molecule has 2 aromatic heterocycles. The quantitative estimate of drug-likeness (QED) is 0.797. The molecule has 2 heterocycles. The van der Waals surface area contributed by atoms with Crippen LogP contribution in [0, 0.1) is 0 Å². The fourth-order valence-corrected chi connectivity index (χ4v) is 1.84. The molecule has 1 amide bonds. The van der Waals surface area contributed by atoms with E-state index in [0.29, 0.717) is 23.2 Å². The van der Waals surface area contributed by atoms with Crippen LogP contribution in [0.25, 0.3) is 23.0 Å². The number of hydrogen-bond donors (Lipinski definition) is 1. The smallest absolute Gasteiger partial charge is 0.276 e. The number of nitrogens with zero attached hydrogens (tertiary/aromatic N) is 3. The minimum Gasteiger partial charge on any atom is -0.332 e. The fourth-order valence-electron chi connectivity index (χ4n) is 1.84. The number of aromatic nitrogens is 3. The Morgan fingerprint density at radius 1 is 1.05 bits per heavy atom. The second kappa shape index (κ2) is 5.54. The lowest BCUT2D eigenvalue weighted by molar-refractivity contribution is -0.114. The molecule has 6 heteroatoms. The molecule has 0 aliphatic heterocycles. The van der Waals surface area contributed by atoms with Crippen LogP contribution in [0.3, 0.4) is 0 Å². The minimum atomic E-state index is -0.185. The Morgan fingerprint density at radius 2 is 1.86 bits per heavy atom. The molecule has 1 N–H and O–H groups in total. The van der Waals surface area contributed by atoms with E-state index in [9.17, 15) is 4.79 Å². The van der Waals surface area contributed by atoms with Gasteiger partial charge in [-0.25, -0.2) is 4.98 Å². The number of rotatable bonds is 3. The van der Waals surface area contributed by atoms with Crippen molar-refractivity contribution in [2.75, 3.05) is 5.32 Å². The van der Waals surface area contributed by atoms with Crippen molar-refractivity contribution in [3.8, 4) is 23.0 Å². The van der Waals surface area contributed by atoms with Crippen molar-refractivity contribution >= 4 is 11.7 Å². The molecule has 1 aromatic carbocycles. The average Bonchev–Trinajstić information content (AvgIpc) is 2.98. The maximum absolute atomic E-state index is 11.0. The van der Waals surface area contributed by atoms with Crippen molar-refractivity contribution in [1.82, 2.24) is 15.1 Å². The summed E-state index contributed by atoms with van der Waals surface area (Å²) in [6.07, 6.45) is 0. The lowest BCUT2D eigenvalue weighted by Gasteiger charge is -2.01. The van der Waals surface area contributed by atoms with E-state index in [1.165, 1.54) is 6.92 Å². The van der Waals surface area contributed by atoms with Gasteiger partial charge in [0, 0.05) is 12.5 Å². The van der Waals surface area contributed by atoms with Crippen LogP contribution in [0.5, 0.6) is 0 Å². The second-order valence-corrected chi connectivity index (χ2v) is 4.38. The zero-order chi connectivity index (χ0) is 14.7. The zero-order valence-electron chi connectivity index (χ0n) is 11.3. The van der Waals surface area contributed by atoms with E-state index in [1.54, 1.807) is 18.2 Å². The summed E-state index contributed by atoms with van der Waals surface area (Å²) in [5, 5.41) is 6.55. The summed E-state index contributed by atoms with van der Waals surface area (Å²) in [6.45, 7) is 1.43. The Balaban J connectivity index is 1.91. The number of benzene rings is 1. The molecule has 0 saturated carbocycles. The number of nitrogens with one attached hydrogen (secondary N) is 1. The lowest BCUT2D eigenvalue weighted by Crippen LogP contribution is -2.07. The van der Waals surface area contributed by atoms with Gasteiger partial charge in [0.1, 0.15) is 11.5 Å². The van der Waals surface area contributed by atoms with E-state index in [0.717, 1.165) is 5.56 Å². The molecule has 0 fully saturated rings. The van der Waals surface area contributed by atoms with Gasteiger partial charge in [-0.2, -0.15) is 4.98 Å². The van der Waals surface area contributed by atoms with Gasteiger partial charge in [-0.3, -0.25) is 4.79 Å². The Hall–Kier alpha value is -3.02. The third-order valence-electron chi connectivity index (χ3n) is 2.73. The Labute approximate surface area is 120 Å². The van der Waals surface area contributed by atoms with Gasteiger partial charge in [0.2, 0.25) is 11.7 Å². The first-order valence-corrected chi connectivity index (χ1v) is 6.36. The number of hydrogen-bond acceptors (Lipinski definition) is 5. The molecule has 0 radical (unpaired) electrons. The monoisotopic (exact) mass is 280 g/mol. The number of anilines is 1. The van der Waals surface area contributed by atoms with Gasteiger partial charge in [-0.15, -0.1) is 0 Å². The van der Waals surface area contributed by atoms with E-state index in [-0.39, 0.29) is 5.91 Å². The van der Waals surface area contributed by atoms with Crippen molar-refractivity contribution in [1.29, 1.82) is 0 Å². The maximum Gasteiger partial charge on any atom is 0.276 e. The molecule has 0 atom stereocenters. The van der Waals surface area contributed by atoms with E-state index in [2.05, 4.69) is 20.4 Å². The number of carbonyl (C=O) groups is 1. The highest BCUT2D eigenvalue weighted by atomic mass is 16.5. The third-order valence-corrected chi connectivity index (χ3v) is 2.73. The standard InChI is InChI=1S/C15H12N4O2/c1-10(20)16-13-9-5-8-12(17-13)15-18-14(19-21-15)11-6-3-2-4-7-11/h2-9H,1H3,(H,16,17,20). The van der Waals surface area contributed by atoms with E-state index >= 15 is 0 Å². The Morgan fingerprint density at radius 3 is 2.62 bits per heavy atom. The van der Waals surface area contributed by atoms with Gasteiger partial charge < -0.3 is 9.84 Å². The summed E-state index contributed by atoms with van der Waals surface area (Å²) in [5.74, 6) is 1.06. The number of carbonyl (C=O) groups excluding carboxylic acids is 1. The van der Waals surface area contributed by atoms with Crippen LogP contribution in [0.1, 0.15) is 6.92 Å². The molecule has 0 unspecified atom stereocenters. The first kappa shape index (κ1) is 13.0. The molecule has 0 bridgehead atoms. The predicted molar refractivity (Wildman–Crippen MR) is 77.3 cm³/mol. The van der Waals surface area contributed by atoms with Crippen molar-refractivity contribution in [2.24, 2.45) is 0 Å². The Kier molecular flexibility index (Phi) is 3.42. The molecule has 0 aliphatic carbocycles. The van der Waals surface area contributed by atoms with E-state index < -0.39 is 0 Å². The first-order chi connectivity index (χ1) is 10.2. The summed E-state index contributed by atoms with van der Waals surface area (Å²) < 4.78 is 5.23. The van der Waals surface area contributed by atoms with Gasteiger partial charge >= 0.3 is 0 Å². The number of amides is 1. The van der Waals surface area contributed by atoms with Gasteiger partial charge in [0.15, 0.2) is 0 Å². The van der Waals surface area contributed by atoms with Crippen LogP contribution in [-0.2, 0) is 4.79 Å².